The Labute approximate surface area is 211 Å². The number of carbonyl (C=O) groups is 2. The van der Waals surface area contributed by atoms with Crippen molar-refractivity contribution in [3.63, 3.8) is 0 Å². The molecule has 0 saturated heterocycles. The normalized spacial score (nSPS) is 11.3. The summed E-state index contributed by atoms with van der Waals surface area (Å²) in [5.74, 6) is 2.27. The molecular formula is C29H31N3O4. The maximum Gasteiger partial charge on any atom is 0.300 e. The monoisotopic (exact) mass is 485 g/mol. The topological polar surface area (TPSA) is 89.4 Å². The van der Waals surface area contributed by atoms with Crippen LogP contribution >= 0.6 is 0 Å². The predicted molar refractivity (Wildman–Crippen MR) is 142 cm³/mol. The first kappa shape index (κ1) is 26.3. The van der Waals surface area contributed by atoms with Gasteiger partial charge in [0.1, 0.15) is 11.5 Å². The van der Waals surface area contributed by atoms with Crippen LogP contribution in [-0.2, 0) is 23.1 Å². The fourth-order valence-corrected chi connectivity index (χ4v) is 4.00. The number of pyridine rings is 1. The van der Waals surface area contributed by atoms with Crippen LogP contribution in [0.5, 0.6) is 11.5 Å². The van der Waals surface area contributed by atoms with Crippen LogP contribution in [0.1, 0.15) is 30.5 Å². The number of terminal acetylenes is 1. The number of nitrogens with zero attached hydrogens (tertiary/aromatic N) is 1. The molecule has 1 atom stereocenters. The van der Waals surface area contributed by atoms with E-state index in [0.29, 0.717) is 34.7 Å². The SMILES string of the molecule is C#CC(=O)Nc1ccc(Oc2c(C)cccc2C)c(-c2cc(C[C@H](C)C(=O)NCC)c(=O)n(C)c2)c1. The Hall–Kier alpha value is -4.31. The molecule has 0 radical (unpaired) electrons. The molecule has 0 spiro atoms. The van der Waals surface area contributed by atoms with Gasteiger partial charge in [0, 0.05) is 48.1 Å². The average Bonchev–Trinajstić information content (AvgIpc) is 2.84. The highest BCUT2D eigenvalue weighted by Gasteiger charge is 2.18. The van der Waals surface area contributed by atoms with E-state index in [1.54, 1.807) is 44.4 Å². The highest BCUT2D eigenvalue weighted by Crippen LogP contribution is 2.38. The van der Waals surface area contributed by atoms with E-state index in [4.69, 9.17) is 11.2 Å². The summed E-state index contributed by atoms with van der Waals surface area (Å²) in [7, 11) is 1.67. The number of ether oxygens (including phenoxy) is 1. The van der Waals surface area contributed by atoms with E-state index in [0.717, 1.165) is 16.9 Å². The number of rotatable bonds is 8. The summed E-state index contributed by atoms with van der Waals surface area (Å²) < 4.78 is 7.86. The number of para-hydroxylation sites is 1. The van der Waals surface area contributed by atoms with Crippen LogP contribution in [0.4, 0.5) is 5.69 Å². The number of benzene rings is 2. The Kier molecular flexibility index (Phi) is 8.34. The van der Waals surface area contributed by atoms with Crippen molar-refractivity contribution < 1.29 is 14.3 Å². The second-order valence-electron chi connectivity index (χ2n) is 8.80. The van der Waals surface area contributed by atoms with Crippen LogP contribution in [0.15, 0.2) is 53.5 Å². The van der Waals surface area contributed by atoms with E-state index >= 15 is 0 Å². The van der Waals surface area contributed by atoms with Crippen molar-refractivity contribution in [2.75, 3.05) is 11.9 Å². The van der Waals surface area contributed by atoms with Gasteiger partial charge in [-0.05, 0) is 68.5 Å². The first-order valence-electron chi connectivity index (χ1n) is 11.8. The van der Waals surface area contributed by atoms with E-state index in [9.17, 15) is 14.4 Å². The number of amides is 2. The zero-order valence-electron chi connectivity index (χ0n) is 21.3. The first-order valence-corrected chi connectivity index (χ1v) is 11.8. The third-order valence-corrected chi connectivity index (χ3v) is 5.88. The van der Waals surface area contributed by atoms with Crippen LogP contribution in [0, 0.1) is 32.1 Å². The molecule has 0 saturated carbocycles. The van der Waals surface area contributed by atoms with Gasteiger partial charge >= 0.3 is 0 Å². The largest absolute Gasteiger partial charge is 0.456 e. The Bertz CT molecular complexity index is 1380. The van der Waals surface area contributed by atoms with Gasteiger partial charge in [0.05, 0.1) is 0 Å². The van der Waals surface area contributed by atoms with Gasteiger partial charge < -0.3 is 19.9 Å². The van der Waals surface area contributed by atoms with Gasteiger partial charge in [0.25, 0.3) is 11.5 Å². The molecule has 0 bridgehead atoms. The smallest absolute Gasteiger partial charge is 0.300 e. The fraction of sp³-hybridized carbons (Fsp3) is 0.276. The second kappa shape index (κ2) is 11.4. The number of carbonyl (C=O) groups excluding carboxylic acids is 2. The van der Waals surface area contributed by atoms with Gasteiger partial charge in [0.15, 0.2) is 0 Å². The summed E-state index contributed by atoms with van der Waals surface area (Å²) in [6.07, 6.45) is 7.22. The first-order chi connectivity index (χ1) is 17.1. The molecule has 2 aromatic carbocycles. The van der Waals surface area contributed by atoms with Gasteiger partial charge in [-0.1, -0.05) is 25.1 Å². The van der Waals surface area contributed by atoms with Crippen molar-refractivity contribution >= 4 is 17.5 Å². The lowest BCUT2D eigenvalue weighted by Crippen LogP contribution is -2.32. The molecule has 0 unspecified atom stereocenters. The van der Waals surface area contributed by atoms with E-state index in [-0.39, 0.29) is 23.8 Å². The Morgan fingerprint density at radius 3 is 2.47 bits per heavy atom. The van der Waals surface area contributed by atoms with E-state index in [1.807, 2.05) is 44.9 Å². The minimum absolute atomic E-state index is 0.108. The van der Waals surface area contributed by atoms with E-state index in [2.05, 4.69) is 10.6 Å². The van der Waals surface area contributed by atoms with Gasteiger partial charge in [-0.25, -0.2) is 0 Å². The summed E-state index contributed by atoms with van der Waals surface area (Å²) in [6.45, 7) is 8.11. The molecule has 186 valence electrons. The summed E-state index contributed by atoms with van der Waals surface area (Å²) in [5, 5.41) is 5.47. The maximum absolute atomic E-state index is 12.9. The molecule has 7 heteroatoms. The predicted octanol–water partition coefficient (Wildman–Crippen LogP) is 4.35. The molecule has 0 aliphatic carbocycles. The number of hydrogen-bond acceptors (Lipinski definition) is 4. The van der Waals surface area contributed by atoms with Gasteiger partial charge in [-0.3, -0.25) is 14.4 Å². The average molecular weight is 486 g/mol. The zero-order chi connectivity index (χ0) is 26.4. The van der Waals surface area contributed by atoms with Gasteiger partial charge in [0.2, 0.25) is 5.91 Å². The van der Waals surface area contributed by atoms with Crippen LogP contribution in [0.3, 0.4) is 0 Å². The molecular weight excluding hydrogens is 454 g/mol. The lowest BCUT2D eigenvalue weighted by molar-refractivity contribution is -0.124. The van der Waals surface area contributed by atoms with Crippen LogP contribution in [0.25, 0.3) is 11.1 Å². The zero-order valence-corrected chi connectivity index (χ0v) is 21.3. The van der Waals surface area contributed by atoms with E-state index in [1.165, 1.54) is 4.57 Å². The summed E-state index contributed by atoms with van der Waals surface area (Å²) in [6, 6.07) is 12.9. The summed E-state index contributed by atoms with van der Waals surface area (Å²) >= 11 is 0. The van der Waals surface area contributed by atoms with Gasteiger partial charge in [-0.2, -0.15) is 0 Å². The molecule has 3 rings (SSSR count). The minimum atomic E-state index is -0.568. The highest BCUT2D eigenvalue weighted by atomic mass is 16.5. The maximum atomic E-state index is 12.9. The molecule has 3 aromatic rings. The lowest BCUT2D eigenvalue weighted by Gasteiger charge is -2.18. The molecule has 7 nitrogen and oxygen atoms in total. The molecule has 0 aliphatic heterocycles. The highest BCUT2D eigenvalue weighted by molar-refractivity contribution is 6.04. The quantitative estimate of drug-likeness (QED) is 0.465. The summed E-state index contributed by atoms with van der Waals surface area (Å²) in [5.41, 5.74) is 4.13. The minimum Gasteiger partial charge on any atom is -0.456 e. The van der Waals surface area contributed by atoms with Crippen LogP contribution in [-0.4, -0.2) is 22.9 Å². The number of hydrogen-bond donors (Lipinski definition) is 2. The molecule has 1 heterocycles. The lowest BCUT2D eigenvalue weighted by atomic mass is 9.97. The number of aromatic nitrogens is 1. The van der Waals surface area contributed by atoms with Crippen molar-refractivity contribution in [3.8, 4) is 35.0 Å². The van der Waals surface area contributed by atoms with Gasteiger partial charge in [-0.15, -0.1) is 6.42 Å². The standard InChI is InChI=1S/C29H31N3O4/c1-7-26(33)31-23-12-13-25(36-27-18(3)10-9-11-19(27)4)24(16-23)22-15-21(29(35)32(6)17-22)14-20(5)28(34)30-8-2/h1,9-13,15-17,20H,8,14H2,2-6H3,(H,30,34)(H,31,33)/t20-/m0/s1. The molecule has 2 amide bonds. The Balaban J connectivity index is 2.13. The molecule has 2 N–H and O–H groups in total. The number of nitrogens with one attached hydrogen (secondary N) is 2. The molecule has 0 fully saturated rings. The van der Waals surface area contributed by atoms with E-state index < -0.39 is 5.91 Å². The van der Waals surface area contributed by atoms with Crippen LogP contribution < -0.4 is 20.9 Å². The molecule has 36 heavy (non-hydrogen) atoms. The van der Waals surface area contributed by atoms with Crippen LogP contribution in [0.2, 0.25) is 0 Å². The van der Waals surface area contributed by atoms with Crippen molar-refractivity contribution in [2.45, 2.75) is 34.1 Å². The molecule has 0 aliphatic rings. The van der Waals surface area contributed by atoms with Crippen molar-refractivity contribution in [3.05, 3.63) is 75.7 Å². The third kappa shape index (κ3) is 6.02. The van der Waals surface area contributed by atoms with Crippen molar-refractivity contribution in [2.24, 2.45) is 13.0 Å². The Morgan fingerprint density at radius 1 is 1.14 bits per heavy atom. The van der Waals surface area contributed by atoms with Crippen molar-refractivity contribution in [1.82, 2.24) is 9.88 Å². The van der Waals surface area contributed by atoms with Crippen molar-refractivity contribution in [1.29, 1.82) is 0 Å². The third-order valence-electron chi connectivity index (χ3n) is 5.88. The number of anilines is 1. The number of aryl methyl sites for hydroxylation is 3. The fourth-order valence-electron chi connectivity index (χ4n) is 4.00. The Morgan fingerprint density at radius 2 is 1.83 bits per heavy atom. The summed E-state index contributed by atoms with van der Waals surface area (Å²) in [4.78, 5) is 37.0. The second-order valence-corrected chi connectivity index (χ2v) is 8.80. The molecule has 1 aromatic heterocycles.